The van der Waals surface area contributed by atoms with Gasteiger partial charge in [-0.25, -0.2) is 0 Å². The molecule has 0 unspecified atom stereocenters. The number of amides is 1. The number of nitrogens with zero attached hydrogens (tertiary/aromatic N) is 2. The third-order valence-electron chi connectivity index (χ3n) is 3.69. The molecule has 0 saturated heterocycles. The lowest BCUT2D eigenvalue weighted by molar-refractivity contribution is -0.139. The Bertz CT molecular complexity index is 516. The predicted molar refractivity (Wildman–Crippen MR) is 85.8 cm³/mol. The molecule has 0 bridgehead atoms. The van der Waals surface area contributed by atoms with Gasteiger partial charge in [0.15, 0.2) is 0 Å². The summed E-state index contributed by atoms with van der Waals surface area (Å²) in [5, 5.41) is 10.2. The van der Waals surface area contributed by atoms with Crippen LogP contribution in [0.4, 0.5) is 0 Å². The van der Waals surface area contributed by atoms with Crippen LogP contribution < -0.4 is 0 Å². The van der Waals surface area contributed by atoms with Gasteiger partial charge in [-0.05, 0) is 24.5 Å². The van der Waals surface area contributed by atoms with Crippen LogP contribution in [0.15, 0.2) is 24.3 Å². The Kier molecular flexibility index (Phi) is 6.71. The highest BCUT2D eigenvalue weighted by atomic mass is 35.5. The van der Waals surface area contributed by atoms with E-state index in [4.69, 9.17) is 11.6 Å². The summed E-state index contributed by atoms with van der Waals surface area (Å²) in [7, 11) is 1.74. The van der Waals surface area contributed by atoms with Crippen molar-refractivity contribution in [2.45, 2.75) is 46.1 Å². The zero-order chi connectivity index (χ0) is 15.9. The third kappa shape index (κ3) is 4.22. The molecule has 1 amide bonds. The monoisotopic (exact) mass is 306 g/mol. The largest absolute Gasteiger partial charge is 0.340 e. The number of benzene rings is 1. The minimum Gasteiger partial charge on any atom is -0.340 e. The van der Waals surface area contributed by atoms with Gasteiger partial charge in [-0.15, -0.1) is 0 Å². The van der Waals surface area contributed by atoms with Crippen LogP contribution in [0.3, 0.4) is 0 Å². The zero-order valence-electron chi connectivity index (χ0n) is 13.0. The van der Waals surface area contributed by atoms with Gasteiger partial charge in [-0.2, -0.15) is 5.26 Å². The van der Waals surface area contributed by atoms with Gasteiger partial charge in [0.05, 0.1) is 6.07 Å². The number of halogens is 1. The molecule has 0 heterocycles. The average Bonchev–Trinajstić information content (AvgIpc) is 2.48. The van der Waals surface area contributed by atoms with Crippen LogP contribution in [0.5, 0.6) is 0 Å². The molecule has 0 saturated carbocycles. The summed E-state index contributed by atoms with van der Waals surface area (Å²) in [6.45, 7) is 4.43. The summed E-state index contributed by atoms with van der Waals surface area (Å²) in [6, 6.07) is 9.75. The van der Waals surface area contributed by atoms with Crippen molar-refractivity contribution in [2.75, 3.05) is 7.05 Å². The summed E-state index contributed by atoms with van der Waals surface area (Å²) in [5.41, 5.74) is -0.00525. The van der Waals surface area contributed by atoms with Gasteiger partial charge in [0, 0.05) is 18.6 Å². The van der Waals surface area contributed by atoms with Crippen LogP contribution in [0.1, 0.15) is 45.1 Å². The van der Waals surface area contributed by atoms with Crippen molar-refractivity contribution in [3.63, 3.8) is 0 Å². The number of hydrogen-bond acceptors (Lipinski definition) is 2. The van der Waals surface area contributed by atoms with Gasteiger partial charge in [0.25, 0.3) is 0 Å². The highest BCUT2D eigenvalue weighted by Crippen LogP contribution is 2.32. The fraction of sp³-hybridized carbons (Fsp3) is 0.529. The van der Waals surface area contributed by atoms with Crippen LogP contribution in [-0.2, 0) is 11.3 Å². The Morgan fingerprint density at radius 1 is 1.29 bits per heavy atom. The van der Waals surface area contributed by atoms with E-state index in [0.717, 1.165) is 18.4 Å². The molecule has 114 valence electrons. The maximum absolute atomic E-state index is 12.8. The SMILES string of the molecule is CCCC(C#N)(CCC)C(=O)N(C)Cc1ccccc1Cl. The van der Waals surface area contributed by atoms with Crippen LogP contribution >= 0.6 is 11.6 Å². The highest BCUT2D eigenvalue weighted by molar-refractivity contribution is 6.31. The van der Waals surface area contributed by atoms with Crippen molar-refractivity contribution in [1.29, 1.82) is 5.26 Å². The molecule has 0 atom stereocenters. The van der Waals surface area contributed by atoms with Crippen LogP contribution in [0.25, 0.3) is 0 Å². The van der Waals surface area contributed by atoms with Crippen LogP contribution in [0, 0.1) is 16.7 Å². The lowest BCUT2D eigenvalue weighted by Crippen LogP contribution is -2.41. The highest BCUT2D eigenvalue weighted by Gasteiger charge is 2.39. The molecule has 0 aromatic heterocycles. The summed E-state index contributed by atoms with van der Waals surface area (Å²) in [4.78, 5) is 14.4. The molecule has 0 aliphatic carbocycles. The average molecular weight is 307 g/mol. The first-order chi connectivity index (χ1) is 10.0. The Hall–Kier alpha value is -1.53. The first kappa shape index (κ1) is 17.5. The smallest absolute Gasteiger partial charge is 0.243 e. The molecule has 0 radical (unpaired) electrons. The lowest BCUT2D eigenvalue weighted by atomic mass is 9.79. The summed E-state index contributed by atoms with van der Waals surface area (Å²) in [5.74, 6) is -0.103. The minimum absolute atomic E-state index is 0.103. The van der Waals surface area contributed by atoms with Crippen molar-refractivity contribution in [1.82, 2.24) is 4.90 Å². The second-order valence-corrected chi connectivity index (χ2v) is 5.85. The molecular formula is C17H23ClN2O. The molecule has 0 aliphatic rings. The standard InChI is InChI=1S/C17H23ClN2O/c1-4-10-17(13-19,11-5-2)16(21)20(3)12-14-8-6-7-9-15(14)18/h6-9H,4-5,10-12H2,1-3H3. The number of carbonyl (C=O) groups is 1. The zero-order valence-corrected chi connectivity index (χ0v) is 13.8. The van der Waals surface area contributed by atoms with E-state index >= 15 is 0 Å². The molecule has 3 nitrogen and oxygen atoms in total. The van der Waals surface area contributed by atoms with Crippen molar-refractivity contribution < 1.29 is 4.79 Å². The van der Waals surface area contributed by atoms with E-state index in [2.05, 4.69) is 6.07 Å². The van der Waals surface area contributed by atoms with Gasteiger partial charge in [0.2, 0.25) is 5.91 Å². The molecule has 0 fully saturated rings. The van der Waals surface area contributed by atoms with E-state index in [1.165, 1.54) is 0 Å². The molecule has 0 aliphatic heterocycles. The second kappa shape index (κ2) is 8.05. The van der Waals surface area contributed by atoms with Crippen molar-refractivity contribution in [2.24, 2.45) is 5.41 Å². The van der Waals surface area contributed by atoms with Crippen LogP contribution in [0.2, 0.25) is 5.02 Å². The Balaban J connectivity index is 2.94. The number of rotatable bonds is 7. The molecule has 0 spiro atoms. The van der Waals surface area contributed by atoms with E-state index < -0.39 is 5.41 Å². The Morgan fingerprint density at radius 3 is 2.33 bits per heavy atom. The number of hydrogen-bond donors (Lipinski definition) is 0. The summed E-state index contributed by atoms with van der Waals surface area (Å²) < 4.78 is 0. The molecule has 1 aromatic rings. The molecule has 0 N–H and O–H groups in total. The first-order valence-corrected chi connectivity index (χ1v) is 7.78. The Morgan fingerprint density at radius 2 is 1.86 bits per heavy atom. The van der Waals surface area contributed by atoms with Gasteiger partial charge < -0.3 is 4.90 Å². The first-order valence-electron chi connectivity index (χ1n) is 7.41. The Labute approximate surface area is 132 Å². The van der Waals surface area contributed by atoms with Crippen molar-refractivity contribution in [3.05, 3.63) is 34.9 Å². The van der Waals surface area contributed by atoms with Gasteiger partial charge >= 0.3 is 0 Å². The minimum atomic E-state index is -0.903. The van der Waals surface area contributed by atoms with E-state index in [0.29, 0.717) is 24.4 Å². The maximum atomic E-state index is 12.8. The number of nitriles is 1. The third-order valence-corrected chi connectivity index (χ3v) is 4.06. The molecule has 1 aromatic carbocycles. The fourth-order valence-corrected chi connectivity index (χ4v) is 2.87. The predicted octanol–water partition coefficient (Wildman–Crippen LogP) is 4.41. The lowest BCUT2D eigenvalue weighted by Gasteiger charge is -2.30. The van der Waals surface area contributed by atoms with Crippen LogP contribution in [-0.4, -0.2) is 17.9 Å². The van der Waals surface area contributed by atoms with Crippen molar-refractivity contribution in [3.8, 4) is 6.07 Å². The van der Waals surface area contributed by atoms with Gasteiger partial charge in [0.1, 0.15) is 5.41 Å². The van der Waals surface area contributed by atoms with E-state index in [1.807, 2.05) is 38.1 Å². The molecule has 1 rings (SSSR count). The van der Waals surface area contributed by atoms with Gasteiger partial charge in [-0.1, -0.05) is 56.5 Å². The summed E-state index contributed by atoms with van der Waals surface area (Å²) >= 11 is 6.14. The topological polar surface area (TPSA) is 44.1 Å². The maximum Gasteiger partial charge on any atom is 0.243 e. The van der Waals surface area contributed by atoms with E-state index in [-0.39, 0.29) is 5.91 Å². The summed E-state index contributed by atoms with van der Waals surface area (Å²) in [6.07, 6.45) is 2.84. The second-order valence-electron chi connectivity index (χ2n) is 5.45. The molecule has 21 heavy (non-hydrogen) atoms. The van der Waals surface area contributed by atoms with E-state index in [1.54, 1.807) is 11.9 Å². The molecular weight excluding hydrogens is 284 g/mol. The fourth-order valence-electron chi connectivity index (χ4n) is 2.67. The molecule has 4 heteroatoms. The van der Waals surface area contributed by atoms with Gasteiger partial charge in [-0.3, -0.25) is 4.79 Å². The normalized spacial score (nSPS) is 11.0. The van der Waals surface area contributed by atoms with E-state index in [9.17, 15) is 10.1 Å². The quantitative estimate of drug-likeness (QED) is 0.749. The van der Waals surface area contributed by atoms with Crippen molar-refractivity contribution >= 4 is 17.5 Å². The number of carbonyl (C=O) groups excluding carboxylic acids is 1.